The standard InChI is InChI=1S/C26H22N4O4/c1-33-20-14-13-19(21(15-20)34-2)16-27-29-25(31)23-22(17-9-5-3-6-10-17)24(28-30-26(23)32)18-11-7-4-8-12-18/h3-16H,1-2H3,(H,29,31)(H,30,32)/b27-16+. The van der Waals surface area contributed by atoms with Gasteiger partial charge in [-0.25, -0.2) is 10.5 Å². The minimum absolute atomic E-state index is 0.0844. The van der Waals surface area contributed by atoms with Gasteiger partial charge in [0.2, 0.25) is 0 Å². The Morgan fingerprint density at radius 3 is 2.26 bits per heavy atom. The molecule has 0 aliphatic rings. The van der Waals surface area contributed by atoms with E-state index in [1.54, 1.807) is 25.3 Å². The Morgan fingerprint density at radius 1 is 0.941 bits per heavy atom. The van der Waals surface area contributed by atoms with E-state index in [2.05, 4.69) is 20.7 Å². The highest BCUT2D eigenvalue weighted by Gasteiger charge is 2.22. The Labute approximate surface area is 195 Å². The van der Waals surface area contributed by atoms with E-state index >= 15 is 0 Å². The number of ether oxygens (including phenoxy) is 2. The van der Waals surface area contributed by atoms with Gasteiger partial charge in [-0.1, -0.05) is 60.7 Å². The highest BCUT2D eigenvalue weighted by Crippen LogP contribution is 2.31. The number of H-pyrrole nitrogens is 1. The van der Waals surface area contributed by atoms with E-state index in [9.17, 15) is 9.59 Å². The van der Waals surface area contributed by atoms with Gasteiger partial charge >= 0.3 is 0 Å². The fourth-order valence-corrected chi connectivity index (χ4v) is 3.50. The Bertz CT molecular complexity index is 1380. The maximum absolute atomic E-state index is 13.2. The summed E-state index contributed by atoms with van der Waals surface area (Å²) in [7, 11) is 3.08. The minimum atomic E-state index is -0.664. The summed E-state index contributed by atoms with van der Waals surface area (Å²) in [4.78, 5) is 25.9. The second kappa shape index (κ2) is 10.3. The molecule has 3 aromatic carbocycles. The molecule has 170 valence electrons. The molecule has 0 aliphatic heterocycles. The summed E-state index contributed by atoms with van der Waals surface area (Å²) in [6.45, 7) is 0. The van der Waals surface area contributed by atoms with Gasteiger partial charge in [0.15, 0.2) is 0 Å². The van der Waals surface area contributed by atoms with E-state index in [-0.39, 0.29) is 5.56 Å². The van der Waals surface area contributed by atoms with Crippen LogP contribution in [-0.2, 0) is 0 Å². The fraction of sp³-hybridized carbons (Fsp3) is 0.0769. The first-order valence-corrected chi connectivity index (χ1v) is 10.4. The molecule has 8 heteroatoms. The number of benzene rings is 3. The van der Waals surface area contributed by atoms with Gasteiger partial charge in [-0.05, 0) is 17.7 Å². The maximum Gasteiger partial charge on any atom is 0.277 e. The van der Waals surface area contributed by atoms with Crippen LogP contribution in [0.2, 0.25) is 0 Å². The Kier molecular flexibility index (Phi) is 6.78. The van der Waals surface area contributed by atoms with Crippen LogP contribution in [0.1, 0.15) is 15.9 Å². The molecule has 0 radical (unpaired) electrons. The Morgan fingerprint density at radius 2 is 1.62 bits per heavy atom. The molecule has 0 fully saturated rings. The third-order valence-electron chi connectivity index (χ3n) is 5.13. The van der Waals surface area contributed by atoms with E-state index in [0.717, 1.165) is 5.56 Å². The van der Waals surface area contributed by atoms with Crippen LogP contribution < -0.4 is 20.5 Å². The molecule has 0 aliphatic carbocycles. The lowest BCUT2D eigenvalue weighted by atomic mass is 9.95. The predicted octanol–water partition coefficient (Wildman–Crippen LogP) is 3.89. The van der Waals surface area contributed by atoms with E-state index in [1.165, 1.54) is 13.3 Å². The van der Waals surface area contributed by atoms with Crippen molar-refractivity contribution in [1.29, 1.82) is 0 Å². The summed E-state index contributed by atoms with van der Waals surface area (Å²) in [6, 6.07) is 23.7. The van der Waals surface area contributed by atoms with Gasteiger partial charge in [0.1, 0.15) is 17.1 Å². The Balaban J connectivity index is 1.74. The van der Waals surface area contributed by atoms with Gasteiger partial charge < -0.3 is 9.47 Å². The van der Waals surface area contributed by atoms with Crippen LogP contribution in [0, 0.1) is 0 Å². The topological polar surface area (TPSA) is 106 Å². The number of hydrogen-bond acceptors (Lipinski definition) is 6. The highest BCUT2D eigenvalue weighted by molar-refractivity contribution is 6.04. The quantitative estimate of drug-likeness (QED) is 0.326. The molecular weight excluding hydrogens is 432 g/mol. The van der Waals surface area contributed by atoms with Crippen LogP contribution >= 0.6 is 0 Å². The number of aromatic amines is 1. The zero-order chi connectivity index (χ0) is 23.9. The van der Waals surface area contributed by atoms with Crippen LogP contribution in [0.25, 0.3) is 22.4 Å². The fourth-order valence-electron chi connectivity index (χ4n) is 3.50. The number of nitrogens with one attached hydrogen (secondary N) is 2. The second-order valence-electron chi connectivity index (χ2n) is 7.19. The molecule has 4 aromatic rings. The summed E-state index contributed by atoms with van der Waals surface area (Å²) >= 11 is 0. The van der Waals surface area contributed by atoms with E-state index in [1.807, 2.05) is 60.7 Å². The molecule has 2 N–H and O–H groups in total. The first kappa shape index (κ1) is 22.5. The molecule has 0 spiro atoms. The SMILES string of the molecule is COc1ccc(/C=N/NC(=O)c2c(-c3ccccc3)c(-c3ccccc3)n[nH]c2=O)c(OC)c1. The lowest BCUT2D eigenvalue weighted by Gasteiger charge is -2.13. The van der Waals surface area contributed by atoms with Crippen molar-refractivity contribution in [2.75, 3.05) is 14.2 Å². The average Bonchev–Trinajstić information content (AvgIpc) is 2.89. The highest BCUT2D eigenvalue weighted by atomic mass is 16.5. The number of nitrogens with zero attached hydrogens (tertiary/aromatic N) is 2. The summed E-state index contributed by atoms with van der Waals surface area (Å²) in [5.74, 6) is 0.487. The van der Waals surface area contributed by atoms with Crippen molar-refractivity contribution in [3.05, 3.63) is 100 Å². The molecule has 8 nitrogen and oxygen atoms in total. The van der Waals surface area contributed by atoms with Crippen LogP contribution in [0.5, 0.6) is 11.5 Å². The van der Waals surface area contributed by atoms with Crippen molar-refractivity contribution in [3.8, 4) is 33.9 Å². The number of methoxy groups -OCH3 is 2. The minimum Gasteiger partial charge on any atom is -0.497 e. The van der Waals surface area contributed by atoms with Crippen molar-refractivity contribution >= 4 is 12.1 Å². The van der Waals surface area contributed by atoms with E-state index < -0.39 is 11.5 Å². The van der Waals surface area contributed by atoms with Gasteiger partial charge in [-0.15, -0.1) is 0 Å². The van der Waals surface area contributed by atoms with E-state index in [0.29, 0.717) is 33.9 Å². The number of amides is 1. The summed E-state index contributed by atoms with van der Waals surface area (Å²) in [6.07, 6.45) is 1.44. The normalized spacial score (nSPS) is 10.8. The third-order valence-corrected chi connectivity index (χ3v) is 5.13. The molecule has 1 amide bonds. The van der Waals surface area contributed by atoms with Crippen molar-refractivity contribution in [2.24, 2.45) is 5.10 Å². The molecule has 4 rings (SSSR count). The largest absolute Gasteiger partial charge is 0.497 e. The number of carbonyl (C=O) groups is 1. The number of rotatable bonds is 7. The van der Waals surface area contributed by atoms with Gasteiger partial charge in [0, 0.05) is 22.8 Å². The van der Waals surface area contributed by atoms with Crippen molar-refractivity contribution in [3.63, 3.8) is 0 Å². The van der Waals surface area contributed by atoms with Gasteiger partial charge in [-0.3, -0.25) is 9.59 Å². The number of aromatic nitrogens is 2. The molecule has 1 aromatic heterocycles. The van der Waals surface area contributed by atoms with Gasteiger partial charge in [0.25, 0.3) is 11.5 Å². The molecule has 0 unspecified atom stereocenters. The third kappa shape index (κ3) is 4.71. The molecule has 0 bridgehead atoms. The zero-order valence-corrected chi connectivity index (χ0v) is 18.6. The summed E-state index contributed by atoms with van der Waals surface area (Å²) in [5, 5.41) is 10.7. The summed E-state index contributed by atoms with van der Waals surface area (Å²) < 4.78 is 10.5. The predicted molar refractivity (Wildman–Crippen MR) is 130 cm³/mol. The number of hydrazone groups is 1. The number of carbonyl (C=O) groups excluding carboxylic acids is 1. The van der Waals surface area contributed by atoms with Crippen molar-refractivity contribution < 1.29 is 14.3 Å². The van der Waals surface area contributed by atoms with Crippen molar-refractivity contribution in [2.45, 2.75) is 0 Å². The van der Waals surface area contributed by atoms with Crippen LogP contribution in [-0.4, -0.2) is 36.5 Å². The molecule has 0 saturated carbocycles. The Hall–Kier alpha value is -4.72. The average molecular weight is 454 g/mol. The van der Waals surface area contributed by atoms with Crippen LogP contribution in [0.15, 0.2) is 88.8 Å². The van der Waals surface area contributed by atoms with E-state index in [4.69, 9.17) is 9.47 Å². The molecule has 0 atom stereocenters. The lowest BCUT2D eigenvalue weighted by Crippen LogP contribution is -2.28. The first-order chi connectivity index (χ1) is 16.6. The monoisotopic (exact) mass is 454 g/mol. The van der Waals surface area contributed by atoms with Gasteiger partial charge in [-0.2, -0.15) is 10.2 Å². The molecule has 0 saturated heterocycles. The van der Waals surface area contributed by atoms with Gasteiger partial charge in [0.05, 0.1) is 26.1 Å². The van der Waals surface area contributed by atoms with Crippen LogP contribution in [0.3, 0.4) is 0 Å². The van der Waals surface area contributed by atoms with Crippen LogP contribution in [0.4, 0.5) is 0 Å². The molecule has 34 heavy (non-hydrogen) atoms. The summed E-state index contributed by atoms with van der Waals surface area (Å²) in [5.41, 5.74) is 4.73. The maximum atomic E-state index is 13.2. The van der Waals surface area contributed by atoms with Crippen molar-refractivity contribution in [1.82, 2.24) is 15.6 Å². The zero-order valence-electron chi connectivity index (χ0n) is 18.6. The number of hydrogen-bond donors (Lipinski definition) is 2. The smallest absolute Gasteiger partial charge is 0.277 e. The first-order valence-electron chi connectivity index (χ1n) is 10.4. The second-order valence-corrected chi connectivity index (χ2v) is 7.19. The molecular formula is C26H22N4O4. The molecule has 1 heterocycles. The lowest BCUT2D eigenvalue weighted by molar-refractivity contribution is 0.0954.